The minimum Gasteiger partial charge on any atom is -0.490 e. The van der Waals surface area contributed by atoms with Crippen molar-refractivity contribution in [3.05, 3.63) is 23.8 Å². The van der Waals surface area contributed by atoms with Crippen molar-refractivity contribution in [3.63, 3.8) is 0 Å². The summed E-state index contributed by atoms with van der Waals surface area (Å²) in [5, 5.41) is 2.64. The molecule has 1 rings (SSSR count). The molecule has 1 aromatic carbocycles. The van der Waals surface area contributed by atoms with Gasteiger partial charge in [-0.2, -0.15) is 8.78 Å². The molecule has 5 nitrogen and oxygen atoms in total. The first-order valence-corrected chi connectivity index (χ1v) is 7.57. The normalized spacial score (nSPS) is 12.3. The Kier molecular flexibility index (Phi) is 7.74. The predicted molar refractivity (Wildman–Crippen MR) is 83.5 cm³/mol. The number of rotatable bonds is 9. The highest BCUT2D eigenvalue weighted by Crippen LogP contribution is 2.32. The third kappa shape index (κ3) is 6.40. The van der Waals surface area contributed by atoms with Crippen LogP contribution in [0.1, 0.15) is 32.8 Å². The Morgan fingerprint density at radius 2 is 2.04 bits per heavy atom. The van der Waals surface area contributed by atoms with Crippen LogP contribution in [0.15, 0.2) is 18.2 Å². The minimum atomic E-state index is -2.98. The van der Waals surface area contributed by atoms with Crippen LogP contribution < -0.4 is 20.5 Å². The van der Waals surface area contributed by atoms with Crippen molar-refractivity contribution in [3.8, 4) is 11.5 Å². The van der Waals surface area contributed by atoms with E-state index in [4.69, 9.17) is 10.5 Å². The van der Waals surface area contributed by atoms with E-state index in [2.05, 4.69) is 10.1 Å². The van der Waals surface area contributed by atoms with Gasteiger partial charge < -0.3 is 20.5 Å². The summed E-state index contributed by atoms with van der Waals surface area (Å²) in [6.45, 7) is 3.04. The van der Waals surface area contributed by atoms with Gasteiger partial charge in [0.25, 0.3) is 0 Å². The molecule has 0 unspecified atom stereocenters. The first-order valence-electron chi connectivity index (χ1n) is 7.57. The van der Waals surface area contributed by atoms with E-state index in [-0.39, 0.29) is 29.9 Å². The first kappa shape index (κ1) is 19.2. The number of para-hydroxylation sites is 1. The summed E-state index contributed by atoms with van der Waals surface area (Å²) in [5.74, 6) is 0.103. The zero-order valence-electron chi connectivity index (χ0n) is 13.6. The molecule has 23 heavy (non-hydrogen) atoms. The maximum atomic E-state index is 12.6. The van der Waals surface area contributed by atoms with Crippen molar-refractivity contribution in [1.82, 2.24) is 5.32 Å². The highest BCUT2D eigenvalue weighted by molar-refractivity contribution is 5.81. The molecule has 1 atom stereocenters. The van der Waals surface area contributed by atoms with Gasteiger partial charge in [-0.05, 0) is 25.3 Å². The molecule has 0 aliphatic heterocycles. The van der Waals surface area contributed by atoms with Gasteiger partial charge in [-0.25, -0.2) is 0 Å². The number of nitrogens with one attached hydrogen (secondary N) is 1. The number of carbonyl (C=O) groups is 1. The fourth-order valence-electron chi connectivity index (χ4n) is 2.12. The first-order chi connectivity index (χ1) is 10.8. The molecule has 0 spiro atoms. The van der Waals surface area contributed by atoms with Crippen LogP contribution >= 0.6 is 0 Å². The molecule has 0 bridgehead atoms. The number of amides is 1. The van der Waals surface area contributed by atoms with Gasteiger partial charge in [0.05, 0.1) is 12.6 Å². The van der Waals surface area contributed by atoms with Crippen LogP contribution in [0.5, 0.6) is 11.5 Å². The van der Waals surface area contributed by atoms with Crippen LogP contribution in [0.2, 0.25) is 0 Å². The van der Waals surface area contributed by atoms with Crippen LogP contribution in [0, 0.1) is 5.92 Å². The van der Waals surface area contributed by atoms with Crippen molar-refractivity contribution in [2.75, 3.05) is 6.61 Å². The van der Waals surface area contributed by atoms with Crippen LogP contribution in [0.3, 0.4) is 0 Å². The summed E-state index contributed by atoms with van der Waals surface area (Å²) in [6, 6.07) is 4.15. The molecule has 130 valence electrons. The van der Waals surface area contributed by atoms with E-state index in [1.165, 1.54) is 6.07 Å². The Balaban J connectivity index is 2.82. The maximum absolute atomic E-state index is 12.6. The van der Waals surface area contributed by atoms with E-state index in [1.807, 2.05) is 13.8 Å². The van der Waals surface area contributed by atoms with Crippen LogP contribution in [0.25, 0.3) is 0 Å². The largest absolute Gasteiger partial charge is 0.490 e. The Labute approximate surface area is 135 Å². The molecule has 0 fully saturated rings. The van der Waals surface area contributed by atoms with Crippen LogP contribution in [-0.4, -0.2) is 25.2 Å². The van der Waals surface area contributed by atoms with E-state index in [9.17, 15) is 13.6 Å². The Bertz CT molecular complexity index is 510. The number of nitrogens with two attached hydrogens (primary N) is 1. The predicted octanol–water partition coefficient (Wildman–Crippen LogP) is 2.68. The van der Waals surface area contributed by atoms with Gasteiger partial charge >= 0.3 is 6.61 Å². The topological polar surface area (TPSA) is 73.6 Å². The molecule has 0 aliphatic rings. The summed E-state index contributed by atoms with van der Waals surface area (Å²) >= 11 is 0. The standard InChI is InChI=1S/C16H24F2N2O3/c1-4-22-13-7-5-6-11(14(13)23-16(17)18)9-20-15(21)12(19)8-10(2)3/h5-7,10,12,16H,4,8-9,19H2,1-3H3,(H,20,21)/t12-/m0/s1. The smallest absolute Gasteiger partial charge is 0.387 e. The Morgan fingerprint density at radius 3 is 2.61 bits per heavy atom. The Morgan fingerprint density at radius 1 is 1.35 bits per heavy atom. The molecular weight excluding hydrogens is 306 g/mol. The van der Waals surface area contributed by atoms with Gasteiger partial charge in [0.1, 0.15) is 0 Å². The van der Waals surface area contributed by atoms with Crippen molar-refractivity contribution >= 4 is 5.91 Å². The lowest BCUT2D eigenvalue weighted by atomic mass is 10.0. The van der Waals surface area contributed by atoms with Gasteiger partial charge in [0, 0.05) is 12.1 Å². The van der Waals surface area contributed by atoms with E-state index < -0.39 is 12.7 Å². The second-order valence-corrected chi connectivity index (χ2v) is 5.51. The maximum Gasteiger partial charge on any atom is 0.387 e. The number of alkyl halides is 2. The Hall–Kier alpha value is -1.89. The number of benzene rings is 1. The van der Waals surface area contributed by atoms with Gasteiger partial charge in [-0.3, -0.25) is 4.79 Å². The van der Waals surface area contributed by atoms with E-state index in [0.717, 1.165) is 0 Å². The van der Waals surface area contributed by atoms with E-state index in [1.54, 1.807) is 19.1 Å². The van der Waals surface area contributed by atoms with E-state index >= 15 is 0 Å². The molecule has 0 heterocycles. The van der Waals surface area contributed by atoms with Gasteiger partial charge in [-0.15, -0.1) is 0 Å². The lowest BCUT2D eigenvalue weighted by molar-refractivity contribution is -0.122. The fourth-order valence-corrected chi connectivity index (χ4v) is 2.12. The average Bonchev–Trinajstić information content (AvgIpc) is 2.46. The summed E-state index contributed by atoms with van der Waals surface area (Å²) in [7, 11) is 0. The molecule has 3 N–H and O–H groups in total. The second-order valence-electron chi connectivity index (χ2n) is 5.51. The van der Waals surface area contributed by atoms with Gasteiger partial charge in [-0.1, -0.05) is 26.0 Å². The molecule has 0 aromatic heterocycles. The highest BCUT2D eigenvalue weighted by atomic mass is 19.3. The van der Waals surface area contributed by atoms with Gasteiger partial charge in [0.15, 0.2) is 11.5 Å². The third-order valence-corrected chi connectivity index (χ3v) is 3.08. The lowest BCUT2D eigenvalue weighted by Gasteiger charge is -2.17. The molecule has 1 amide bonds. The minimum absolute atomic E-state index is 0.0353. The number of halogens is 2. The second kappa shape index (κ2) is 9.29. The number of hydrogen-bond acceptors (Lipinski definition) is 4. The summed E-state index contributed by atoms with van der Waals surface area (Å²) in [5.41, 5.74) is 6.19. The molecule has 7 heteroatoms. The lowest BCUT2D eigenvalue weighted by Crippen LogP contribution is -2.41. The molecular formula is C16H24F2N2O3. The van der Waals surface area contributed by atoms with Crippen molar-refractivity contribution in [2.45, 2.75) is 46.4 Å². The zero-order chi connectivity index (χ0) is 17.4. The van der Waals surface area contributed by atoms with Crippen molar-refractivity contribution < 1.29 is 23.0 Å². The monoisotopic (exact) mass is 330 g/mol. The number of hydrogen-bond donors (Lipinski definition) is 2. The summed E-state index contributed by atoms with van der Waals surface area (Å²) in [6.07, 6.45) is 0.547. The van der Waals surface area contributed by atoms with Gasteiger partial charge in [0.2, 0.25) is 5.91 Å². The van der Waals surface area contributed by atoms with Crippen LogP contribution in [0.4, 0.5) is 8.78 Å². The van der Waals surface area contributed by atoms with Crippen LogP contribution in [-0.2, 0) is 11.3 Å². The zero-order valence-corrected chi connectivity index (χ0v) is 13.6. The van der Waals surface area contributed by atoms with E-state index in [0.29, 0.717) is 18.6 Å². The average molecular weight is 330 g/mol. The van der Waals surface area contributed by atoms with Crippen molar-refractivity contribution in [1.29, 1.82) is 0 Å². The third-order valence-electron chi connectivity index (χ3n) is 3.08. The summed E-state index contributed by atoms with van der Waals surface area (Å²) < 4.78 is 35.0. The number of carbonyl (C=O) groups excluding carboxylic acids is 1. The molecule has 0 aliphatic carbocycles. The molecule has 1 aromatic rings. The number of ether oxygens (including phenoxy) is 2. The summed E-state index contributed by atoms with van der Waals surface area (Å²) in [4.78, 5) is 11.9. The highest BCUT2D eigenvalue weighted by Gasteiger charge is 2.18. The van der Waals surface area contributed by atoms with Crippen molar-refractivity contribution in [2.24, 2.45) is 11.7 Å². The molecule has 0 saturated carbocycles. The molecule has 0 radical (unpaired) electrons. The molecule has 0 saturated heterocycles. The quantitative estimate of drug-likeness (QED) is 0.730. The SMILES string of the molecule is CCOc1cccc(CNC(=O)[C@@H](N)CC(C)C)c1OC(F)F. The fraction of sp³-hybridized carbons (Fsp3) is 0.562.